The molecule has 0 spiro atoms. The normalized spacial score (nSPS) is 12.3. The average molecular weight is 305 g/mol. The molecule has 0 aliphatic heterocycles. The van der Waals surface area contributed by atoms with E-state index in [0.717, 1.165) is 11.3 Å². The Balaban J connectivity index is 1.95. The fourth-order valence-electron chi connectivity index (χ4n) is 2.18. The van der Waals surface area contributed by atoms with Gasteiger partial charge in [0.05, 0.1) is 12.1 Å². The predicted octanol–water partition coefficient (Wildman–Crippen LogP) is 1.96. The highest BCUT2D eigenvalue weighted by Crippen LogP contribution is 2.17. The Morgan fingerprint density at radius 3 is 3.05 bits per heavy atom. The molecule has 1 aromatic carbocycles. The molecule has 1 amide bonds. The first kappa shape index (κ1) is 16.2. The van der Waals surface area contributed by atoms with Crippen LogP contribution in [0.1, 0.15) is 12.7 Å². The third-order valence-electron chi connectivity index (χ3n) is 3.44. The number of nitrogens with zero attached hydrogens (tertiary/aromatic N) is 2. The van der Waals surface area contributed by atoms with E-state index in [1.807, 2.05) is 17.7 Å². The Hall–Kier alpha value is -2.21. The molecule has 2 aromatic rings. The molecule has 0 radical (unpaired) electrons. The summed E-state index contributed by atoms with van der Waals surface area (Å²) in [5.74, 6) is 0.196. The monoisotopic (exact) mass is 305 g/mol. The van der Waals surface area contributed by atoms with E-state index in [0.29, 0.717) is 25.1 Å². The van der Waals surface area contributed by atoms with Crippen LogP contribution < -0.4 is 5.32 Å². The van der Waals surface area contributed by atoms with E-state index in [9.17, 15) is 9.18 Å². The van der Waals surface area contributed by atoms with Crippen molar-refractivity contribution in [1.82, 2.24) is 14.9 Å². The standard InChI is InChI=1S/C16H20FN3O2/c1-4-10-22-11(2)16(21)18-9-8-14-19-15-12(17)6-5-7-13(15)20(14)3/h4-7,11H,1,8-10H2,2-3H3,(H,18,21). The molecular formula is C16H20FN3O2. The second-order valence-corrected chi connectivity index (χ2v) is 5.00. The lowest BCUT2D eigenvalue weighted by Gasteiger charge is -2.12. The van der Waals surface area contributed by atoms with Crippen molar-refractivity contribution in [3.8, 4) is 0 Å². The Bertz CT molecular complexity index is 681. The topological polar surface area (TPSA) is 56.1 Å². The number of aromatic nitrogens is 2. The number of para-hydroxylation sites is 1. The van der Waals surface area contributed by atoms with Gasteiger partial charge in [0.25, 0.3) is 0 Å². The Kier molecular flexibility index (Phi) is 5.27. The molecule has 1 aromatic heterocycles. The molecule has 1 atom stereocenters. The first-order valence-corrected chi connectivity index (χ1v) is 7.14. The van der Waals surface area contributed by atoms with Crippen LogP contribution in [0, 0.1) is 5.82 Å². The number of hydrogen-bond acceptors (Lipinski definition) is 3. The number of ether oxygens (including phenoxy) is 1. The van der Waals surface area contributed by atoms with Crippen molar-refractivity contribution in [2.45, 2.75) is 19.4 Å². The van der Waals surface area contributed by atoms with Crippen LogP contribution in [0.15, 0.2) is 30.9 Å². The van der Waals surface area contributed by atoms with Gasteiger partial charge in [-0.2, -0.15) is 0 Å². The first-order valence-electron chi connectivity index (χ1n) is 7.14. The number of aryl methyl sites for hydroxylation is 1. The number of hydrogen-bond donors (Lipinski definition) is 1. The van der Waals surface area contributed by atoms with Crippen LogP contribution in [0.2, 0.25) is 0 Å². The summed E-state index contributed by atoms with van der Waals surface area (Å²) in [5, 5.41) is 2.78. The van der Waals surface area contributed by atoms with Gasteiger partial charge in [-0.15, -0.1) is 6.58 Å². The molecule has 1 unspecified atom stereocenters. The van der Waals surface area contributed by atoms with E-state index in [4.69, 9.17) is 4.74 Å². The Labute approximate surface area is 128 Å². The van der Waals surface area contributed by atoms with Gasteiger partial charge >= 0.3 is 0 Å². The van der Waals surface area contributed by atoms with Crippen molar-refractivity contribution in [3.05, 3.63) is 42.5 Å². The fraction of sp³-hybridized carbons (Fsp3) is 0.375. The van der Waals surface area contributed by atoms with Gasteiger partial charge in [0.1, 0.15) is 17.4 Å². The first-order chi connectivity index (χ1) is 10.5. The Morgan fingerprint density at radius 2 is 2.36 bits per heavy atom. The third-order valence-corrected chi connectivity index (χ3v) is 3.44. The Morgan fingerprint density at radius 1 is 1.59 bits per heavy atom. The fourth-order valence-corrected chi connectivity index (χ4v) is 2.18. The van der Waals surface area contributed by atoms with Gasteiger partial charge in [-0.3, -0.25) is 4.79 Å². The quantitative estimate of drug-likeness (QED) is 0.796. The van der Waals surface area contributed by atoms with Crippen molar-refractivity contribution < 1.29 is 13.9 Å². The maximum atomic E-state index is 13.7. The second-order valence-electron chi connectivity index (χ2n) is 5.00. The van der Waals surface area contributed by atoms with Gasteiger partial charge in [0.2, 0.25) is 5.91 Å². The lowest BCUT2D eigenvalue weighted by Crippen LogP contribution is -2.36. The van der Waals surface area contributed by atoms with Crippen LogP contribution in [0.5, 0.6) is 0 Å². The van der Waals surface area contributed by atoms with E-state index < -0.39 is 6.10 Å². The molecule has 118 valence electrons. The summed E-state index contributed by atoms with van der Waals surface area (Å²) in [6.45, 7) is 5.96. The molecule has 1 heterocycles. The van der Waals surface area contributed by atoms with Gasteiger partial charge in [-0.25, -0.2) is 9.37 Å². The lowest BCUT2D eigenvalue weighted by molar-refractivity contribution is -0.130. The van der Waals surface area contributed by atoms with Crippen molar-refractivity contribution in [1.29, 1.82) is 0 Å². The SMILES string of the molecule is C=CCOC(C)C(=O)NCCc1nc2c(F)cccc2n1C. The van der Waals surface area contributed by atoms with E-state index in [1.54, 1.807) is 19.1 Å². The van der Waals surface area contributed by atoms with E-state index in [1.165, 1.54) is 6.07 Å². The largest absolute Gasteiger partial charge is 0.365 e. The number of amides is 1. The lowest BCUT2D eigenvalue weighted by atomic mass is 10.3. The highest BCUT2D eigenvalue weighted by atomic mass is 19.1. The van der Waals surface area contributed by atoms with Crippen molar-refractivity contribution in [3.63, 3.8) is 0 Å². The zero-order chi connectivity index (χ0) is 16.1. The number of halogens is 1. The van der Waals surface area contributed by atoms with Crippen molar-refractivity contribution in [2.75, 3.05) is 13.2 Å². The summed E-state index contributed by atoms with van der Waals surface area (Å²) in [6, 6.07) is 4.86. The van der Waals surface area contributed by atoms with Gasteiger partial charge in [0.15, 0.2) is 5.82 Å². The highest BCUT2D eigenvalue weighted by Gasteiger charge is 2.14. The molecule has 0 saturated carbocycles. The van der Waals surface area contributed by atoms with Crippen LogP contribution >= 0.6 is 0 Å². The minimum Gasteiger partial charge on any atom is -0.365 e. The molecule has 1 N–H and O–H groups in total. The minimum atomic E-state index is -0.532. The van der Waals surface area contributed by atoms with Crippen LogP contribution in [0.3, 0.4) is 0 Å². The molecule has 0 saturated heterocycles. The van der Waals surface area contributed by atoms with Crippen molar-refractivity contribution >= 4 is 16.9 Å². The molecule has 5 nitrogen and oxygen atoms in total. The summed E-state index contributed by atoms with van der Waals surface area (Å²) in [4.78, 5) is 16.1. The summed E-state index contributed by atoms with van der Waals surface area (Å²) < 4.78 is 20.8. The number of fused-ring (bicyclic) bond motifs is 1. The van der Waals surface area contributed by atoms with E-state index in [-0.39, 0.29) is 11.7 Å². The molecule has 2 rings (SSSR count). The molecular weight excluding hydrogens is 285 g/mol. The van der Waals surface area contributed by atoms with Gasteiger partial charge in [0, 0.05) is 20.0 Å². The van der Waals surface area contributed by atoms with Crippen LogP contribution in [-0.2, 0) is 23.0 Å². The number of carbonyl (C=O) groups is 1. The van der Waals surface area contributed by atoms with Gasteiger partial charge < -0.3 is 14.6 Å². The van der Waals surface area contributed by atoms with Gasteiger partial charge in [-0.05, 0) is 19.1 Å². The third kappa shape index (κ3) is 3.51. The zero-order valence-electron chi connectivity index (χ0n) is 12.8. The zero-order valence-corrected chi connectivity index (χ0v) is 12.8. The molecule has 0 aliphatic carbocycles. The van der Waals surface area contributed by atoms with Crippen LogP contribution in [0.25, 0.3) is 11.0 Å². The summed E-state index contributed by atoms with van der Waals surface area (Å²) >= 11 is 0. The van der Waals surface area contributed by atoms with Crippen molar-refractivity contribution in [2.24, 2.45) is 7.05 Å². The molecule has 22 heavy (non-hydrogen) atoms. The molecule has 0 aliphatic rings. The predicted molar refractivity (Wildman–Crippen MR) is 83.0 cm³/mol. The number of carbonyl (C=O) groups excluding carboxylic acids is 1. The number of rotatable bonds is 7. The molecule has 0 bridgehead atoms. The summed E-state index contributed by atoms with van der Waals surface area (Å²) in [5.41, 5.74) is 1.10. The molecule has 6 heteroatoms. The second kappa shape index (κ2) is 7.17. The maximum Gasteiger partial charge on any atom is 0.248 e. The number of nitrogens with one attached hydrogen (secondary N) is 1. The van der Waals surface area contributed by atoms with Crippen LogP contribution in [-0.4, -0.2) is 34.7 Å². The summed E-state index contributed by atoms with van der Waals surface area (Å²) in [7, 11) is 1.84. The van der Waals surface area contributed by atoms with E-state index >= 15 is 0 Å². The minimum absolute atomic E-state index is 0.188. The highest BCUT2D eigenvalue weighted by molar-refractivity contribution is 5.80. The van der Waals surface area contributed by atoms with E-state index in [2.05, 4.69) is 16.9 Å². The smallest absolute Gasteiger partial charge is 0.248 e. The van der Waals surface area contributed by atoms with Crippen LogP contribution in [0.4, 0.5) is 4.39 Å². The average Bonchev–Trinajstić information content (AvgIpc) is 2.83. The van der Waals surface area contributed by atoms with Gasteiger partial charge in [-0.1, -0.05) is 12.1 Å². The number of benzene rings is 1. The summed E-state index contributed by atoms with van der Waals surface area (Å²) in [6.07, 6.45) is 1.58. The number of imidazole rings is 1. The maximum absolute atomic E-state index is 13.7. The molecule has 0 fully saturated rings.